The highest BCUT2D eigenvalue weighted by Gasteiger charge is 2.09. The van der Waals surface area contributed by atoms with Crippen molar-refractivity contribution in [1.82, 2.24) is 0 Å². The second-order valence-corrected chi connectivity index (χ2v) is 6.15. The second kappa shape index (κ2) is 7.84. The molecule has 110 valence electrons. The summed E-state index contributed by atoms with van der Waals surface area (Å²) < 4.78 is 13.4. The van der Waals surface area contributed by atoms with Crippen molar-refractivity contribution < 1.29 is 9.18 Å². The molecule has 0 bridgehead atoms. The SMILES string of the molecule is CC(SCCC(=O)Nc1ccccc1F)c1ccccc1. The summed E-state index contributed by atoms with van der Waals surface area (Å²) in [7, 11) is 0. The van der Waals surface area contributed by atoms with E-state index in [1.807, 2.05) is 18.2 Å². The van der Waals surface area contributed by atoms with Crippen LogP contribution in [0.3, 0.4) is 0 Å². The number of thioether (sulfide) groups is 1. The third-order valence-electron chi connectivity index (χ3n) is 3.11. The zero-order chi connectivity index (χ0) is 15.1. The Balaban J connectivity index is 1.76. The van der Waals surface area contributed by atoms with Crippen LogP contribution in [0.4, 0.5) is 10.1 Å². The first-order valence-electron chi connectivity index (χ1n) is 6.88. The van der Waals surface area contributed by atoms with Gasteiger partial charge in [-0.3, -0.25) is 4.79 Å². The standard InChI is InChI=1S/C17H18FNOS/c1-13(14-7-3-2-4-8-14)21-12-11-17(20)19-16-10-6-5-9-15(16)18/h2-10,13H,11-12H2,1H3,(H,19,20). The molecule has 0 heterocycles. The van der Waals surface area contributed by atoms with E-state index >= 15 is 0 Å². The Morgan fingerprint density at radius 2 is 1.81 bits per heavy atom. The van der Waals surface area contributed by atoms with Gasteiger partial charge in [0.15, 0.2) is 0 Å². The lowest BCUT2D eigenvalue weighted by molar-refractivity contribution is -0.115. The van der Waals surface area contributed by atoms with Gasteiger partial charge in [-0.2, -0.15) is 11.8 Å². The average Bonchev–Trinajstić information content (AvgIpc) is 2.50. The Hall–Kier alpha value is -1.81. The molecule has 1 N–H and O–H groups in total. The molecule has 0 saturated heterocycles. The summed E-state index contributed by atoms with van der Waals surface area (Å²) in [4.78, 5) is 11.8. The monoisotopic (exact) mass is 303 g/mol. The van der Waals surface area contributed by atoms with Crippen LogP contribution >= 0.6 is 11.8 Å². The molecule has 1 atom stereocenters. The van der Waals surface area contributed by atoms with Crippen LogP contribution in [-0.2, 0) is 4.79 Å². The zero-order valence-corrected chi connectivity index (χ0v) is 12.7. The number of rotatable bonds is 6. The number of carbonyl (C=O) groups excluding carboxylic acids is 1. The minimum absolute atomic E-state index is 0.159. The normalized spacial score (nSPS) is 11.9. The first-order chi connectivity index (χ1) is 10.2. The zero-order valence-electron chi connectivity index (χ0n) is 11.9. The van der Waals surface area contributed by atoms with E-state index in [9.17, 15) is 9.18 Å². The number of amides is 1. The molecule has 1 unspecified atom stereocenters. The third kappa shape index (κ3) is 4.90. The number of nitrogens with one attached hydrogen (secondary N) is 1. The van der Waals surface area contributed by atoms with Gasteiger partial charge in [-0.25, -0.2) is 4.39 Å². The number of anilines is 1. The lowest BCUT2D eigenvalue weighted by Gasteiger charge is -2.11. The highest BCUT2D eigenvalue weighted by atomic mass is 32.2. The molecular formula is C17H18FNOS. The van der Waals surface area contributed by atoms with Gasteiger partial charge in [0.1, 0.15) is 5.82 Å². The Morgan fingerprint density at radius 1 is 1.14 bits per heavy atom. The molecule has 0 aliphatic carbocycles. The van der Waals surface area contributed by atoms with E-state index in [2.05, 4.69) is 24.4 Å². The predicted molar refractivity (Wildman–Crippen MR) is 87.0 cm³/mol. The van der Waals surface area contributed by atoms with E-state index in [1.165, 1.54) is 11.6 Å². The summed E-state index contributed by atoms with van der Waals surface area (Å²) in [6.45, 7) is 2.12. The van der Waals surface area contributed by atoms with Crippen molar-refractivity contribution in [3.8, 4) is 0 Å². The molecular weight excluding hydrogens is 285 g/mol. The Kier molecular flexibility index (Phi) is 5.81. The number of para-hydroxylation sites is 1. The van der Waals surface area contributed by atoms with Crippen LogP contribution in [0.1, 0.15) is 24.2 Å². The largest absolute Gasteiger partial charge is 0.324 e. The van der Waals surface area contributed by atoms with Gasteiger partial charge >= 0.3 is 0 Å². The van der Waals surface area contributed by atoms with Gasteiger partial charge in [-0.15, -0.1) is 0 Å². The number of halogens is 1. The first kappa shape index (κ1) is 15.6. The van der Waals surface area contributed by atoms with Crippen molar-refractivity contribution >= 4 is 23.4 Å². The third-order valence-corrected chi connectivity index (χ3v) is 4.33. The summed E-state index contributed by atoms with van der Waals surface area (Å²) >= 11 is 1.72. The number of hydrogen-bond donors (Lipinski definition) is 1. The summed E-state index contributed by atoms with van der Waals surface area (Å²) in [5.74, 6) is 0.139. The lowest BCUT2D eigenvalue weighted by atomic mass is 10.2. The molecule has 2 aromatic rings. The number of carbonyl (C=O) groups is 1. The fraction of sp³-hybridized carbons (Fsp3) is 0.235. The minimum atomic E-state index is -0.406. The van der Waals surface area contributed by atoms with Gasteiger partial charge in [-0.05, 0) is 24.6 Å². The molecule has 2 aromatic carbocycles. The van der Waals surface area contributed by atoms with Gasteiger partial charge in [0.2, 0.25) is 5.91 Å². The molecule has 1 amide bonds. The lowest BCUT2D eigenvalue weighted by Crippen LogP contribution is -2.13. The molecule has 0 saturated carbocycles. The maximum absolute atomic E-state index is 13.4. The van der Waals surface area contributed by atoms with E-state index in [0.717, 1.165) is 0 Å². The van der Waals surface area contributed by atoms with E-state index in [0.29, 0.717) is 17.4 Å². The van der Waals surface area contributed by atoms with Gasteiger partial charge in [-0.1, -0.05) is 42.5 Å². The molecule has 0 aliphatic heterocycles. The van der Waals surface area contributed by atoms with Crippen molar-refractivity contribution in [3.63, 3.8) is 0 Å². The smallest absolute Gasteiger partial charge is 0.225 e. The summed E-state index contributed by atoms with van der Waals surface area (Å²) in [6.07, 6.45) is 0.371. The van der Waals surface area contributed by atoms with Gasteiger partial charge in [0, 0.05) is 17.4 Å². The second-order valence-electron chi connectivity index (χ2n) is 4.70. The molecule has 0 fully saturated rings. The summed E-state index contributed by atoms with van der Waals surface area (Å²) in [6, 6.07) is 16.4. The summed E-state index contributed by atoms with van der Waals surface area (Å²) in [5, 5.41) is 2.94. The molecule has 4 heteroatoms. The van der Waals surface area contributed by atoms with Crippen LogP contribution in [0.25, 0.3) is 0 Å². The maximum Gasteiger partial charge on any atom is 0.225 e. The van der Waals surface area contributed by atoms with Crippen molar-refractivity contribution in [3.05, 3.63) is 66.0 Å². The fourth-order valence-corrected chi connectivity index (χ4v) is 2.93. The average molecular weight is 303 g/mol. The molecule has 2 nitrogen and oxygen atoms in total. The molecule has 2 rings (SSSR count). The molecule has 0 radical (unpaired) electrons. The number of hydrogen-bond acceptors (Lipinski definition) is 2. The van der Waals surface area contributed by atoms with E-state index in [1.54, 1.807) is 30.0 Å². The van der Waals surface area contributed by atoms with Crippen LogP contribution in [0.2, 0.25) is 0 Å². The van der Waals surface area contributed by atoms with E-state index < -0.39 is 5.82 Å². The highest BCUT2D eigenvalue weighted by molar-refractivity contribution is 7.99. The number of benzene rings is 2. The molecule has 0 aliphatic rings. The fourth-order valence-electron chi connectivity index (χ4n) is 1.92. The quantitative estimate of drug-likeness (QED) is 0.841. The van der Waals surface area contributed by atoms with Gasteiger partial charge in [0.25, 0.3) is 0 Å². The Morgan fingerprint density at radius 3 is 2.52 bits per heavy atom. The molecule has 21 heavy (non-hydrogen) atoms. The van der Waals surface area contributed by atoms with Crippen LogP contribution in [0.15, 0.2) is 54.6 Å². The van der Waals surface area contributed by atoms with E-state index in [4.69, 9.17) is 0 Å². The van der Waals surface area contributed by atoms with Crippen LogP contribution in [0.5, 0.6) is 0 Å². The molecule has 0 aromatic heterocycles. The Labute approximate surface area is 128 Å². The van der Waals surface area contributed by atoms with Crippen molar-refractivity contribution in [2.75, 3.05) is 11.1 Å². The highest BCUT2D eigenvalue weighted by Crippen LogP contribution is 2.28. The minimum Gasteiger partial charge on any atom is -0.324 e. The van der Waals surface area contributed by atoms with Crippen molar-refractivity contribution in [2.45, 2.75) is 18.6 Å². The van der Waals surface area contributed by atoms with Crippen molar-refractivity contribution in [1.29, 1.82) is 0 Å². The maximum atomic E-state index is 13.4. The van der Waals surface area contributed by atoms with Crippen LogP contribution in [-0.4, -0.2) is 11.7 Å². The Bertz CT molecular complexity index is 588. The van der Waals surface area contributed by atoms with Crippen LogP contribution < -0.4 is 5.32 Å². The van der Waals surface area contributed by atoms with Crippen LogP contribution in [0, 0.1) is 5.82 Å². The van der Waals surface area contributed by atoms with Gasteiger partial charge < -0.3 is 5.32 Å². The topological polar surface area (TPSA) is 29.1 Å². The first-order valence-corrected chi connectivity index (χ1v) is 7.92. The van der Waals surface area contributed by atoms with Crippen molar-refractivity contribution in [2.24, 2.45) is 0 Å². The molecule has 0 spiro atoms. The predicted octanol–water partition coefficient (Wildman–Crippen LogP) is 4.65. The van der Waals surface area contributed by atoms with Gasteiger partial charge in [0.05, 0.1) is 5.69 Å². The summed E-state index contributed by atoms with van der Waals surface area (Å²) in [5.41, 5.74) is 1.49. The van der Waals surface area contributed by atoms with E-state index in [-0.39, 0.29) is 11.6 Å².